The van der Waals surface area contributed by atoms with E-state index in [9.17, 15) is 0 Å². The summed E-state index contributed by atoms with van der Waals surface area (Å²) in [5, 5.41) is 3.67. The molecule has 0 amide bonds. The van der Waals surface area contributed by atoms with Crippen LogP contribution in [-0.4, -0.2) is 37.6 Å². The molecule has 0 spiro atoms. The quantitative estimate of drug-likeness (QED) is 0.628. The van der Waals surface area contributed by atoms with Crippen LogP contribution in [0.15, 0.2) is 0 Å². The third-order valence-corrected chi connectivity index (χ3v) is 4.72. The van der Waals surface area contributed by atoms with Crippen molar-refractivity contribution in [2.75, 3.05) is 32.7 Å². The van der Waals surface area contributed by atoms with E-state index in [-0.39, 0.29) is 0 Å². The Kier molecular flexibility index (Phi) is 8.89. The molecule has 1 fully saturated rings. The van der Waals surface area contributed by atoms with Gasteiger partial charge in [0, 0.05) is 26.2 Å². The third-order valence-electron chi connectivity index (χ3n) is 4.72. The number of nitrogens with zero attached hydrogens (tertiary/aromatic N) is 1. The van der Waals surface area contributed by atoms with Gasteiger partial charge in [-0.05, 0) is 36.6 Å². The molecule has 21 heavy (non-hydrogen) atoms. The van der Waals surface area contributed by atoms with Gasteiger partial charge in [-0.3, -0.25) is 0 Å². The predicted octanol–water partition coefficient (Wildman–Crippen LogP) is 4.55. The Balaban J connectivity index is 2.73. The number of nitrogens with one attached hydrogen (secondary N) is 1. The van der Waals surface area contributed by atoms with E-state index in [1.165, 1.54) is 64.7 Å². The molecule has 126 valence electrons. The van der Waals surface area contributed by atoms with Crippen LogP contribution in [0.5, 0.6) is 0 Å². The van der Waals surface area contributed by atoms with Crippen LogP contribution in [0.25, 0.3) is 0 Å². The molecule has 0 bridgehead atoms. The minimum atomic E-state index is 0.524. The van der Waals surface area contributed by atoms with Gasteiger partial charge in [0.05, 0.1) is 0 Å². The second kappa shape index (κ2) is 9.84. The maximum atomic E-state index is 3.67. The van der Waals surface area contributed by atoms with Crippen molar-refractivity contribution in [2.24, 2.45) is 17.3 Å². The second-order valence-electron chi connectivity index (χ2n) is 8.18. The predicted molar refractivity (Wildman–Crippen MR) is 94.8 cm³/mol. The molecule has 2 nitrogen and oxygen atoms in total. The highest BCUT2D eigenvalue weighted by atomic mass is 15.1. The Morgan fingerprint density at radius 2 is 1.43 bits per heavy atom. The van der Waals surface area contributed by atoms with Crippen LogP contribution in [-0.2, 0) is 0 Å². The molecule has 2 heteroatoms. The van der Waals surface area contributed by atoms with Crippen molar-refractivity contribution in [1.82, 2.24) is 10.2 Å². The zero-order valence-corrected chi connectivity index (χ0v) is 15.4. The van der Waals surface area contributed by atoms with Gasteiger partial charge < -0.3 is 10.2 Å². The molecule has 0 aromatic heterocycles. The van der Waals surface area contributed by atoms with Crippen LogP contribution in [0.2, 0.25) is 0 Å². The Bertz CT molecular complexity index is 242. The summed E-state index contributed by atoms with van der Waals surface area (Å²) >= 11 is 0. The van der Waals surface area contributed by atoms with Gasteiger partial charge in [0.1, 0.15) is 0 Å². The highest BCUT2D eigenvalue weighted by molar-refractivity contribution is 4.87. The summed E-state index contributed by atoms with van der Waals surface area (Å²) in [5.74, 6) is 1.54. The van der Waals surface area contributed by atoms with E-state index in [0.29, 0.717) is 5.41 Å². The normalized spacial score (nSPS) is 19.4. The van der Waals surface area contributed by atoms with Crippen LogP contribution in [0.4, 0.5) is 0 Å². The highest BCUT2D eigenvalue weighted by Crippen LogP contribution is 2.35. The maximum Gasteiger partial charge on any atom is 0.00504 e. The van der Waals surface area contributed by atoms with Crippen LogP contribution in [0, 0.1) is 17.3 Å². The first kappa shape index (κ1) is 19.0. The van der Waals surface area contributed by atoms with Gasteiger partial charge in [-0.2, -0.15) is 0 Å². The topological polar surface area (TPSA) is 15.3 Å². The largest absolute Gasteiger partial charge is 0.316 e. The van der Waals surface area contributed by atoms with E-state index in [2.05, 4.69) is 44.8 Å². The summed E-state index contributed by atoms with van der Waals surface area (Å²) in [7, 11) is 0. The van der Waals surface area contributed by atoms with Crippen molar-refractivity contribution in [2.45, 2.75) is 73.1 Å². The van der Waals surface area contributed by atoms with E-state index in [0.717, 1.165) is 18.4 Å². The Labute approximate surface area is 134 Å². The van der Waals surface area contributed by atoms with Gasteiger partial charge in [-0.25, -0.2) is 0 Å². The summed E-state index contributed by atoms with van der Waals surface area (Å²) in [6, 6.07) is 0. The fourth-order valence-corrected chi connectivity index (χ4v) is 3.97. The Hall–Kier alpha value is -0.0800. The second-order valence-corrected chi connectivity index (χ2v) is 8.18. The smallest absolute Gasteiger partial charge is 0.00504 e. The number of rotatable bonds is 9. The van der Waals surface area contributed by atoms with Crippen molar-refractivity contribution in [3.63, 3.8) is 0 Å². The van der Waals surface area contributed by atoms with E-state index in [4.69, 9.17) is 0 Å². The molecule has 0 aromatic carbocycles. The van der Waals surface area contributed by atoms with Gasteiger partial charge >= 0.3 is 0 Å². The molecule has 0 saturated heterocycles. The van der Waals surface area contributed by atoms with Crippen LogP contribution < -0.4 is 5.32 Å². The summed E-state index contributed by atoms with van der Waals surface area (Å²) in [4.78, 5) is 2.76. The molecular weight excluding hydrogens is 256 g/mol. The van der Waals surface area contributed by atoms with Crippen molar-refractivity contribution in [1.29, 1.82) is 0 Å². The van der Waals surface area contributed by atoms with E-state index >= 15 is 0 Å². The molecule has 1 aliphatic rings. The summed E-state index contributed by atoms with van der Waals surface area (Å²) < 4.78 is 0. The molecule has 1 aliphatic carbocycles. The molecule has 0 unspecified atom stereocenters. The standard InChI is InChI=1S/C19H40N2/c1-6-20-15-19(11-9-7-8-10-12-19)16-21(13-17(2)3)14-18(4)5/h17-18,20H,6-16H2,1-5H3. The summed E-state index contributed by atoms with van der Waals surface area (Å²) in [5.41, 5.74) is 0.524. The molecule has 0 heterocycles. The molecular formula is C19H40N2. The lowest BCUT2D eigenvalue weighted by molar-refractivity contribution is 0.107. The van der Waals surface area contributed by atoms with Gasteiger partial charge in [0.15, 0.2) is 0 Å². The monoisotopic (exact) mass is 296 g/mol. The maximum absolute atomic E-state index is 3.67. The lowest BCUT2D eigenvalue weighted by atomic mass is 9.79. The fourth-order valence-electron chi connectivity index (χ4n) is 3.97. The molecule has 0 radical (unpaired) electrons. The summed E-state index contributed by atoms with van der Waals surface area (Å²) in [6.45, 7) is 17.8. The Morgan fingerprint density at radius 3 is 1.86 bits per heavy atom. The van der Waals surface area contributed by atoms with E-state index in [1.807, 2.05) is 0 Å². The first-order valence-corrected chi connectivity index (χ1v) is 9.40. The number of hydrogen-bond acceptors (Lipinski definition) is 2. The molecule has 0 aliphatic heterocycles. The zero-order chi connectivity index (χ0) is 15.7. The van der Waals surface area contributed by atoms with E-state index in [1.54, 1.807) is 0 Å². The van der Waals surface area contributed by atoms with Gasteiger partial charge in [0.2, 0.25) is 0 Å². The summed E-state index contributed by atoms with van der Waals surface area (Å²) in [6.07, 6.45) is 8.61. The average molecular weight is 297 g/mol. The first-order chi connectivity index (χ1) is 9.97. The van der Waals surface area contributed by atoms with Crippen molar-refractivity contribution in [3.05, 3.63) is 0 Å². The van der Waals surface area contributed by atoms with Crippen molar-refractivity contribution >= 4 is 0 Å². The molecule has 1 saturated carbocycles. The fraction of sp³-hybridized carbons (Fsp3) is 1.00. The van der Waals surface area contributed by atoms with Crippen LogP contribution >= 0.6 is 0 Å². The zero-order valence-electron chi connectivity index (χ0n) is 15.4. The number of hydrogen-bond donors (Lipinski definition) is 1. The molecule has 0 aromatic rings. The lowest BCUT2D eigenvalue weighted by Gasteiger charge is -2.39. The minimum Gasteiger partial charge on any atom is -0.316 e. The SMILES string of the molecule is CCNCC1(CN(CC(C)C)CC(C)C)CCCCCC1. The van der Waals surface area contributed by atoms with Crippen LogP contribution in [0.1, 0.15) is 73.1 Å². The lowest BCUT2D eigenvalue weighted by Crippen LogP contribution is -2.46. The first-order valence-electron chi connectivity index (χ1n) is 9.40. The van der Waals surface area contributed by atoms with Gasteiger partial charge in [-0.1, -0.05) is 60.3 Å². The van der Waals surface area contributed by atoms with Gasteiger partial charge in [-0.15, -0.1) is 0 Å². The minimum absolute atomic E-state index is 0.524. The molecule has 1 rings (SSSR count). The van der Waals surface area contributed by atoms with Crippen molar-refractivity contribution in [3.8, 4) is 0 Å². The van der Waals surface area contributed by atoms with Crippen molar-refractivity contribution < 1.29 is 0 Å². The molecule has 0 atom stereocenters. The molecule has 1 N–H and O–H groups in total. The van der Waals surface area contributed by atoms with Crippen LogP contribution in [0.3, 0.4) is 0 Å². The average Bonchev–Trinajstić information content (AvgIpc) is 2.61. The Morgan fingerprint density at radius 1 is 0.905 bits per heavy atom. The highest BCUT2D eigenvalue weighted by Gasteiger charge is 2.32. The van der Waals surface area contributed by atoms with Gasteiger partial charge in [0.25, 0.3) is 0 Å². The third kappa shape index (κ3) is 7.65. The van der Waals surface area contributed by atoms with E-state index < -0.39 is 0 Å².